The zero-order valence-electron chi connectivity index (χ0n) is 8.05. The number of carbonyl (C=O) groups excluding carboxylic acids is 1. The first-order valence-corrected chi connectivity index (χ1v) is 4.51. The van der Waals surface area contributed by atoms with Crippen LogP contribution in [0.25, 0.3) is 0 Å². The van der Waals surface area contributed by atoms with E-state index in [9.17, 15) is 4.79 Å². The molecule has 0 radical (unpaired) electrons. The lowest BCUT2D eigenvalue weighted by atomic mass is 10.0. The zero-order chi connectivity index (χ0) is 9.19. The van der Waals surface area contributed by atoms with Gasteiger partial charge in [-0.05, 0) is 33.6 Å². The van der Waals surface area contributed by atoms with Gasteiger partial charge in [-0.25, -0.2) is 0 Å². The van der Waals surface area contributed by atoms with Crippen LogP contribution in [0.3, 0.4) is 0 Å². The summed E-state index contributed by atoms with van der Waals surface area (Å²) < 4.78 is 0. The molecule has 0 atom stereocenters. The highest BCUT2D eigenvalue weighted by Gasteiger charge is 2.32. The predicted octanol–water partition coefficient (Wildman–Crippen LogP) is 1.87. The van der Waals surface area contributed by atoms with E-state index in [2.05, 4.69) is 5.32 Å². The molecule has 0 spiro atoms. The van der Waals surface area contributed by atoms with Crippen molar-refractivity contribution in [2.75, 3.05) is 0 Å². The van der Waals surface area contributed by atoms with Gasteiger partial charge >= 0.3 is 0 Å². The van der Waals surface area contributed by atoms with Crippen LogP contribution < -0.4 is 5.32 Å². The van der Waals surface area contributed by atoms with Crippen molar-refractivity contribution in [2.45, 2.75) is 39.2 Å². The molecular weight excluding hydrogens is 150 g/mol. The number of hydrogen-bond donors (Lipinski definition) is 1. The van der Waals surface area contributed by atoms with Crippen LogP contribution in [0.2, 0.25) is 0 Å². The van der Waals surface area contributed by atoms with Gasteiger partial charge in [0, 0.05) is 5.92 Å². The van der Waals surface area contributed by atoms with Crippen LogP contribution in [0.1, 0.15) is 33.6 Å². The summed E-state index contributed by atoms with van der Waals surface area (Å²) in [6, 6.07) is 0. The minimum atomic E-state index is -0.186. The van der Waals surface area contributed by atoms with Crippen LogP contribution in [0.5, 0.6) is 0 Å². The second kappa shape index (κ2) is 3.30. The first-order valence-electron chi connectivity index (χ1n) is 4.51. The van der Waals surface area contributed by atoms with Gasteiger partial charge in [-0.1, -0.05) is 12.2 Å². The zero-order valence-corrected chi connectivity index (χ0v) is 8.05. The Balaban J connectivity index is 2.41. The summed E-state index contributed by atoms with van der Waals surface area (Å²) in [5.74, 6) is 0.507. The lowest BCUT2D eigenvalue weighted by Crippen LogP contribution is -2.42. The molecular formula is C10H17NO. The average molecular weight is 167 g/mol. The van der Waals surface area contributed by atoms with Crippen molar-refractivity contribution in [3.05, 3.63) is 12.2 Å². The first-order chi connectivity index (χ1) is 5.55. The predicted molar refractivity (Wildman–Crippen MR) is 49.8 cm³/mol. The smallest absolute Gasteiger partial charge is 0.223 e. The Kier molecular flexibility index (Phi) is 2.55. The summed E-state index contributed by atoms with van der Waals surface area (Å²) >= 11 is 0. The molecule has 0 bridgehead atoms. The number of hydrogen-bond acceptors (Lipinski definition) is 1. The van der Waals surface area contributed by atoms with Crippen LogP contribution in [-0.4, -0.2) is 11.4 Å². The van der Waals surface area contributed by atoms with E-state index < -0.39 is 0 Å². The summed E-state index contributed by atoms with van der Waals surface area (Å²) in [5.41, 5.74) is -0.186. The van der Waals surface area contributed by atoms with Gasteiger partial charge in [0.25, 0.3) is 0 Å². The highest BCUT2D eigenvalue weighted by molar-refractivity contribution is 5.81. The van der Waals surface area contributed by atoms with E-state index in [1.807, 2.05) is 32.9 Å². The standard InChI is InChI=1S/C10H17NO/c1-4-7-10(2,3)11-9(12)8-5-6-8/h4,7-8H,5-6H2,1-3H3,(H,11,12). The van der Waals surface area contributed by atoms with E-state index >= 15 is 0 Å². The van der Waals surface area contributed by atoms with Crippen LogP contribution in [0.15, 0.2) is 12.2 Å². The Morgan fingerprint density at radius 3 is 2.50 bits per heavy atom. The van der Waals surface area contributed by atoms with E-state index in [0.717, 1.165) is 12.8 Å². The quantitative estimate of drug-likeness (QED) is 0.639. The largest absolute Gasteiger partial charge is 0.348 e. The normalized spacial score (nSPS) is 18.2. The van der Waals surface area contributed by atoms with Crippen LogP contribution in [0, 0.1) is 5.92 Å². The van der Waals surface area contributed by atoms with Gasteiger partial charge in [0.15, 0.2) is 0 Å². The molecule has 1 fully saturated rings. The minimum absolute atomic E-state index is 0.186. The van der Waals surface area contributed by atoms with Gasteiger partial charge in [-0.2, -0.15) is 0 Å². The molecule has 1 aliphatic carbocycles. The molecule has 0 saturated heterocycles. The van der Waals surface area contributed by atoms with Gasteiger partial charge in [0.05, 0.1) is 5.54 Å². The third-order valence-corrected chi connectivity index (χ3v) is 1.98. The van der Waals surface area contributed by atoms with Crippen molar-refractivity contribution in [3.8, 4) is 0 Å². The molecule has 0 heterocycles. The fraction of sp³-hybridized carbons (Fsp3) is 0.700. The van der Waals surface area contributed by atoms with Crippen molar-refractivity contribution in [1.82, 2.24) is 5.32 Å². The number of allylic oxidation sites excluding steroid dienone is 1. The second-order valence-electron chi connectivity index (χ2n) is 3.99. The van der Waals surface area contributed by atoms with Gasteiger partial charge in [0.2, 0.25) is 5.91 Å². The molecule has 0 unspecified atom stereocenters. The second-order valence-corrected chi connectivity index (χ2v) is 3.99. The Bertz CT molecular complexity index is 202. The number of rotatable bonds is 3. The van der Waals surface area contributed by atoms with Crippen LogP contribution in [-0.2, 0) is 4.79 Å². The van der Waals surface area contributed by atoms with Gasteiger partial charge in [0.1, 0.15) is 0 Å². The molecule has 1 aliphatic rings. The average Bonchev–Trinajstić information content (AvgIpc) is 2.65. The third-order valence-electron chi connectivity index (χ3n) is 1.98. The highest BCUT2D eigenvalue weighted by atomic mass is 16.2. The van der Waals surface area contributed by atoms with E-state index in [1.54, 1.807) is 0 Å². The Labute approximate surface area is 74.0 Å². The molecule has 1 amide bonds. The lowest BCUT2D eigenvalue weighted by Gasteiger charge is -2.22. The van der Waals surface area contributed by atoms with Crippen molar-refractivity contribution in [2.24, 2.45) is 5.92 Å². The Hall–Kier alpha value is -0.790. The molecule has 68 valence electrons. The van der Waals surface area contributed by atoms with Gasteiger partial charge in [-0.15, -0.1) is 0 Å². The van der Waals surface area contributed by atoms with Crippen molar-refractivity contribution >= 4 is 5.91 Å². The summed E-state index contributed by atoms with van der Waals surface area (Å²) in [6.07, 6.45) is 6.11. The lowest BCUT2D eigenvalue weighted by molar-refractivity contribution is -0.123. The molecule has 0 aliphatic heterocycles. The number of carbonyl (C=O) groups is 1. The summed E-state index contributed by atoms with van der Waals surface area (Å²) in [6.45, 7) is 5.98. The van der Waals surface area contributed by atoms with E-state index in [4.69, 9.17) is 0 Å². The van der Waals surface area contributed by atoms with Crippen molar-refractivity contribution in [1.29, 1.82) is 0 Å². The molecule has 2 nitrogen and oxygen atoms in total. The number of nitrogens with one attached hydrogen (secondary N) is 1. The van der Waals surface area contributed by atoms with E-state index in [0.29, 0.717) is 5.92 Å². The SMILES string of the molecule is CC=CC(C)(C)NC(=O)C1CC1. The molecule has 1 N–H and O–H groups in total. The summed E-state index contributed by atoms with van der Waals surface area (Å²) in [5, 5.41) is 2.99. The highest BCUT2D eigenvalue weighted by Crippen LogP contribution is 2.29. The molecule has 1 saturated carbocycles. The number of amides is 1. The maximum Gasteiger partial charge on any atom is 0.223 e. The maximum atomic E-state index is 11.4. The third kappa shape index (κ3) is 2.68. The van der Waals surface area contributed by atoms with E-state index in [1.165, 1.54) is 0 Å². The van der Waals surface area contributed by atoms with Gasteiger partial charge < -0.3 is 5.32 Å². The fourth-order valence-electron chi connectivity index (χ4n) is 1.22. The monoisotopic (exact) mass is 167 g/mol. The molecule has 2 heteroatoms. The first kappa shape index (κ1) is 9.30. The van der Waals surface area contributed by atoms with Gasteiger partial charge in [-0.3, -0.25) is 4.79 Å². The molecule has 0 aromatic heterocycles. The summed E-state index contributed by atoms with van der Waals surface area (Å²) in [4.78, 5) is 11.4. The maximum absolute atomic E-state index is 11.4. The molecule has 0 aromatic rings. The minimum Gasteiger partial charge on any atom is -0.348 e. The van der Waals surface area contributed by atoms with Crippen molar-refractivity contribution < 1.29 is 4.79 Å². The van der Waals surface area contributed by atoms with E-state index in [-0.39, 0.29) is 11.4 Å². The topological polar surface area (TPSA) is 29.1 Å². The molecule has 0 aromatic carbocycles. The van der Waals surface area contributed by atoms with Crippen molar-refractivity contribution in [3.63, 3.8) is 0 Å². The summed E-state index contributed by atoms with van der Waals surface area (Å²) in [7, 11) is 0. The fourth-order valence-corrected chi connectivity index (χ4v) is 1.22. The molecule has 12 heavy (non-hydrogen) atoms. The molecule has 1 rings (SSSR count). The Morgan fingerprint density at radius 1 is 1.50 bits per heavy atom. The van der Waals surface area contributed by atoms with Crippen LogP contribution >= 0.6 is 0 Å². The Morgan fingerprint density at radius 2 is 2.08 bits per heavy atom. The van der Waals surface area contributed by atoms with Crippen LogP contribution in [0.4, 0.5) is 0 Å².